The Bertz CT molecular complexity index is 746. The van der Waals surface area contributed by atoms with E-state index in [9.17, 15) is 4.79 Å². The summed E-state index contributed by atoms with van der Waals surface area (Å²) in [5.41, 5.74) is 3.26. The van der Waals surface area contributed by atoms with Gasteiger partial charge in [0.2, 0.25) is 0 Å². The largest absolute Gasteiger partial charge is 0.299 e. The van der Waals surface area contributed by atoms with Crippen molar-refractivity contribution in [3.63, 3.8) is 0 Å². The van der Waals surface area contributed by atoms with E-state index in [-0.39, 0.29) is 10.8 Å². The molecule has 2 heterocycles. The number of hydrogen-bond donors (Lipinski definition) is 0. The summed E-state index contributed by atoms with van der Waals surface area (Å²) in [5, 5.41) is 4.50. The summed E-state index contributed by atoms with van der Waals surface area (Å²) in [6, 6.07) is 1.95. The Morgan fingerprint density at radius 2 is 2.10 bits per heavy atom. The second kappa shape index (κ2) is 3.93. The van der Waals surface area contributed by atoms with Crippen LogP contribution in [0.1, 0.15) is 51.3 Å². The van der Waals surface area contributed by atoms with Crippen LogP contribution in [0.2, 0.25) is 0 Å². The summed E-state index contributed by atoms with van der Waals surface area (Å²) in [5.74, 6) is 0.799. The van der Waals surface area contributed by atoms with Crippen LogP contribution in [0.5, 0.6) is 0 Å². The second-order valence-electron chi connectivity index (χ2n) is 7.39. The van der Waals surface area contributed by atoms with Gasteiger partial charge < -0.3 is 0 Å². The fourth-order valence-corrected chi connectivity index (χ4v) is 4.82. The fourth-order valence-electron chi connectivity index (χ4n) is 4.82. The van der Waals surface area contributed by atoms with E-state index in [0.717, 1.165) is 24.9 Å². The minimum absolute atomic E-state index is 0.0121. The molecule has 0 radical (unpaired) electrons. The van der Waals surface area contributed by atoms with Gasteiger partial charge in [0.05, 0.1) is 11.9 Å². The number of carbonyl (C=O) groups is 1. The smallest absolute Gasteiger partial charge is 0.155 e. The number of nitrogens with zero attached hydrogens (tertiary/aromatic N) is 3. The maximum atomic E-state index is 12.4. The minimum Gasteiger partial charge on any atom is -0.299 e. The first kappa shape index (κ1) is 13.0. The number of fused-ring (bicyclic) bond motifs is 5. The lowest BCUT2D eigenvalue weighted by Crippen LogP contribution is -2.53. The molecule has 0 aromatic carbocycles. The molecule has 0 aliphatic heterocycles. The third-order valence-corrected chi connectivity index (χ3v) is 5.97. The third-order valence-electron chi connectivity index (χ3n) is 5.97. The zero-order chi connectivity index (χ0) is 14.8. The highest BCUT2D eigenvalue weighted by atomic mass is 16.1. The molecule has 4 heteroatoms. The zero-order valence-corrected chi connectivity index (χ0v) is 12.9. The molecule has 0 N–H and O–H groups in total. The van der Waals surface area contributed by atoms with Gasteiger partial charge in [0, 0.05) is 29.5 Å². The van der Waals surface area contributed by atoms with Crippen LogP contribution in [-0.4, -0.2) is 20.4 Å². The average Bonchev–Trinajstić information content (AvgIpc) is 2.91. The molecule has 2 atom stereocenters. The molecule has 21 heavy (non-hydrogen) atoms. The van der Waals surface area contributed by atoms with Crippen molar-refractivity contribution in [1.82, 2.24) is 14.6 Å². The Kier molecular flexibility index (Phi) is 2.43. The molecular weight excluding hydrogens is 262 g/mol. The maximum Gasteiger partial charge on any atom is 0.155 e. The lowest BCUT2D eigenvalue weighted by atomic mass is 9.51. The summed E-state index contributed by atoms with van der Waals surface area (Å²) in [6.45, 7) is 6.58. The van der Waals surface area contributed by atoms with Gasteiger partial charge in [-0.05, 0) is 30.7 Å². The third kappa shape index (κ3) is 1.53. The molecule has 0 spiro atoms. The van der Waals surface area contributed by atoms with Crippen LogP contribution in [0, 0.1) is 11.3 Å². The zero-order valence-electron chi connectivity index (χ0n) is 12.9. The van der Waals surface area contributed by atoms with Crippen molar-refractivity contribution in [1.29, 1.82) is 0 Å². The van der Waals surface area contributed by atoms with E-state index in [1.54, 1.807) is 0 Å². The highest BCUT2D eigenvalue weighted by Gasteiger charge is 2.54. The van der Waals surface area contributed by atoms with Crippen LogP contribution in [0.25, 0.3) is 5.65 Å². The number of rotatable bonds is 0. The van der Waals surface area contributed by atoms with Crippen LogP contribution in [0.4, 0.5) is 0 Å². The van der Waals surface area contributed by atoms with Crippen LogP contribution < -0.4 is 0 Å². The van der Waals surface area contributed by atoms with Crippen molar-refractivity contribution in [3.8, 4) is 0 Å². The molecule has 0 bridgehead atoms. The number of ketones is 1. The van der Waals surface area contributed by atoms with E-state index in [4.69, 9.17) is 0 Å². The molecule has 0 unspecified atom stereocenters. The van der Waals surface area contributed by atoms with Gasteiger partial charge in [0.25, 0.3) is 0 Å². The van der Waals surface area contributed by atoms with E-state index in [1.807, 2.05) is 23.0 Å². The lowest BCUT2D eigenvalue weighted by molar-refractivity contribution is -0.137. The number of carbonyl (C=O) groups excluding carboxylic acids is 1. The van der Waals surface area contributed by atoms with Gasteiger partial charge in [0.1, 0.15) is 5.78 Å². The average molecular weight is 283 g/mol. The molecule has 0 saturated heterocycles. The second-order valence-corrected chi connectivity index (χ2v) is 7.39. The Labute approximate surface area is 124 Å². The highest BCUT2D eigenvalue weighted by molar-refractivity contribution is 5.86. The standard InChI is InChI=1S/C17H21N3O/c1-16(2)12-5-4-11-10-18-14-7-9-19-20(14)15(11)17(12,3)8-6-13(16)21/h7,9-10,12H,4-6,8H2,1-3H3/t12-,17-/m0/s1. The maximum absolute atomic E-state index is 12.4. The molecular formula is C17H21N3O. The molecule has 1 fully saturated rings. The minimum atomic E-state index is -0.243. The van der Waals surface area contributed by atoms with E-state index in [1.165, 1.54) is 11.3 Å². The van der Waals surface area contributed by atoms with Crippen molar-refractivity contribution >= 4 is 11.4 Å². The summed E-state index contributed by atoms with van der Waals surface area (Å²) in [7, 11) is 0. The van der Waals surface area contributed by atoms with Gasteiger partial charge in [-0.15, -0.1) is 0 Å². The Morgan fingerprint density at radius 3 is 2.90 bits per heavy atom. The van der Waals surface area contributed by atoms with Crippen LogP contribution in [-0.2, 0) is 16.6 Å². The molecule has 4 nitrogen and oxygen atoms in total. The first-order valence-electron chi connectivity index (χ1n) is 7.80. The van der Waals surface area contributed by atoms with Crippen molar-refractivity contribution < 1.29 is 4.79 Å². The molecule has 4 rings (SSSR count). The first-order chi connectivity index (χ1) is 9.94. The Balaban J connectivity index is 1.99. The topological polar surface area (TPSA) is 47.3 Å². The number of aryl methyl sites for hydroxylation is 1. The van der Waals surface area contributed by atoms with Gasteiger partial charge in [-0.2, -0.15) is 5.10 Å². The van der Waals surface area contributed by atoms with Gasteiger partial charge in [-0.1, -0.05) is 20.8 Å². The van der Waals surface area contributed by atoms with E-state index in [0.29, 0.717) is 18.1 Å². The fraction of sp³-hybridized carbons (Fsp3) is 0.588. The predicted octanol–water partition coefficient (Wildman–Crippen LogP) is 2.94. The molecule has 0 amide bonds. The van der Waals surface area contributed by atoms with Crippen molar-refractivity contribution in [2.45, 2.75) is 51.9 Å². The van der Waals surface area contributed by atoms with Crippen molar-refractivity contribution in [3.05, 3.63) is 29.7 Å². The SMILES string of the molecule is CC1(C)C(=O)CC[C@]2(C)c3c(cnc4ccnn34)CC[C@@H]12. The summed E-state index contributed by atoms with van der Waals surface area (Å²) in [6.07, 6.45) is 7.48. The summed E-state index contributed by atoms with van der Waals surface area (Å²) >= 11 is 0. The molecule has 1 saturated carbocycles. The summed E-state index contributed by atoms with van der Waals surface area (Å²) in [4.78, 5) is 16.9. The van der Waals surface area contributed by atoms with Crippen molar-refractivity contribution in [2.24, 2.45) is 11.3 Å². The van der Waals surface area contributed by atoms with Gasteiger partial charge >= 0.3 is 0 Å². The summed E-state index contributed by atoms with van der Waals surface area (Å²) < 4.78 is 2.01. The lowest BCUT2D eigenvalue weighted by Gasteiger charge is -2.52. The van der Waals surface area contributed by atoms with Gasteiger partial charge in [-0.3, -0.25) is 4.79 Å². The van der Waals surface area contributed by atoms with Gasteiger partial charge in [-0.25, -0.2) is 9.50 Å². The van der Waals surface area contributed by atoms with Crippen LogP contribution in [0.3, 0.4) is 0 Å². The molecule has 2 aliphatic carbocycles. The molecule has 2 aliphatic rings. The quantitative estimate of drug-likeness (QED) is 0.747. The Hall–Kier alpha value is -1.71. The van der Waals surface area contributed by atoms with Crippen molar-refractivity contribution in [2.75, 3.05) is 0 Å². The van der Waals surface area contributed by atoms with E-state index >= 15 is 0 Å². The molecule has 2 aromatic rings. The molecule has 110 valence electrons. The number of hydrogen-bond acceptors (Lipinski definition) is 3. The first-order valence-corrected chi connectivity index (χ1v) is 7.80. The Morgan fingerprint density at radius 1 is 1.29 bits per heavy atom. The normalized spacial score (nSPS) is 31.0. The number of aromatic nitrogens is 3. The van der Waals surface area contributed by atoms with Gasteiger partial charge in [0.15, 0.2) is 5.65 Å². The van der Waals surface area contributed by atoms with E-state index in [2.05, 4.69) is 30.9 Å². The monoisotopic (exact) mass is 283 g/mol. The highest BCUT2D eigenvalue weighted by Crippen LogP contribution is 2.55. The van der Waals surface area contributed by atoms with Crippen LogP contribution in [0.15, 0.2) is 18.5 Å². The predicted molar refractivity (Wildman–Crippen MR) is 80.2 cm³/mol. The number of Topliss-reactive ketones (excluding diaryl/α,β-unsaturated/α-hetero) is 1. The van der Waals surface area contributed by atoms with Crippen LogP contribution >= 0.6 is 0 Å². The molecule has 2 aromatic heterocycles. The van der Waals surface area contributed by atoms with E-state index < -0.39 is 0 Å².